The number of aromatic amines is 1. The van der Waals surface area contributed by atoms with Crippen LogP contribution in [-0.2, 0) is 0 Å². The predicted molar refractivity (Wildman–Crippen MR) is 85.8 cm³/mol. The minimum absolute atomic E-state index is 1.20. The Morgan fingerprint density at radius 3 is 2.30 bits per heavy atom. The van der Waals surface area contributed by atoms with Gasteiger partial charge in [0.1, 0.15) is 0 Å². The number of hydrogen-bond acceptors (Lipinski definition) is 2. The van der Waals surface area contributed by atoms with Gasteiger partial charge < -0.3 is 4.98 Å². The van der Waals surface area contributed by atoms with Crippen molar-refractivity contribution in [1.29, 1.82) is 0 Å². The SMILES string of the molecule is c1c[nH]c(-c2cc3ccccc3s2)c1.c1ccncc1. The second kappa shape index (κ2) is 6.17. The monoisotopic (exact) mass is 278 g/mol. The molecule has 1 N–H and O–H groups in total. The lowest BCUT2D eigenvalue weighted by Gasteiger charge is -1.87. The molecular formula is C17H14N2S. The molecule has 98 valence electrons. The maximum absolute atomic E-state index is 3.78. The highest BCUT2D eigenvalue weighted by molar-refractivity contribution is 7.22. The molecule has 0 saturated heterocycles. The standard InChI is InChI=1S/C12H9NS.C5H5N/c1-2-6-11-9(4-1)8-12(14-11)10-5-3-7-13-10;1-2-4-6-5-3-1/h1-8,13H;1-5H. The quantitative estimate of drug-likeness (QED) is 0.522. The van der Waals surface area contributed by atoms with Gasteiger partial charge in [0.05, 0.1) is 10.6 Å². The molecule has 0 bridgehead atoms. The molecular weight excluding hydrogens is 264 g/mol. The molecule has 3 heterocycles. The van der Waals surface area contributed by atoms with Crippen molar-refractivity contribution in [2.24, 2.45) is 0 Å². The Morgan fingerprint density at radius 2 is 1.70 bits per heavy atom. The summed E-state index contributed by atoms with van der Waals surface area (Å²) >= 11 is 1.82. The summed E-state index contributed by atoms with van der Waals surface area (Å²) in [6.07, 6.45) is 5.46. The molecule has 20 heavy (non-hydrogen) atoms. The first-order chi connectivity index (χ1) is 9.93. The van der Waals surface area contributed by atoms with E-state index in [0.717, 1.165) is 0 Å². The maximum atomic E-state index is 3.78. The number of thiophene rings is 1. The summed E-state index contributed by atoms with van der Waals surface area (Å²) < 4.78 is 1.34. The van der Waals surface area contributed by atoms with Crippen LogP contribution >= 0.6 is 11.3 Å². The summed E-state index contributed by atoms with van der Waals surface area (Å²) in [5.74, 6) is 0. The van der Waals surface area contributed by atoms with Gasteiger partial charge in [-0.2, -0.15) is 0 Å². The van der Waals surface area contributed by atoms with Crippen LogP contribution in [0.3, 0.4) is 0 Å². The first-order valence-corrected chi connectivity index (χ1v) is 7.22. The summed E-state index contributed by atoms with van der Waals surface area (Å²) in [5, 5.41) is 1.32. The molecule has 0 aliphatic rings. The highest BCUT2D eigenvalue weighted by Crippen LogP contribution is 2.32. The van der Waals surface area contributed by atoms with Crippen LogP contribution in [0.25, 0.3) is 20.7 Å². The van der Waals surface area contributed by atoms with Gasteiger partial charge in [0.2, 0.25) is 0 Å². The zero-order chi connectivity index (χ0) is 13.6. The minimum atomic E-state index is 1.20. The molecule has 4 rings (SSSR count). The maximum Gasteiger partial charge on any atom is 0.0555 e. The third-order valence-corrected chi connectivity index (χ3v) is 4.00. The molecule has 1 aromatic carbocycles. The van der Waals surface area contributed by atoms with Crippen molar-refractivity contribution < 1.29 is 0 Å². The van der Waals surface area contributed by atoms with Gasteiger partial charge in [-0.1, -0.05) is 24.3 Å². The summed E-state index contributed by atoms with van der Waals surface area (Å²) in [4.78, 5) is 8.31. The number of hydrogen-bond donors (Lipinski definition) is 1. The zero-order valence-corrected chi connectivity index (χ0v) is 11.7. The number of fused-ring (bicyclic) bond motifs is 1. The molecule has 3 heteroatoms. The Balaban J connectivity index is 0.000000170. The lowest BCUT2D eigenvalue weighted by molar-refractivity contribution is 1.33. The molecule has 0 amide bonds. The first-order valence-electron chi connectivity index (χ1n) is 6.41. The van der Waals surface area contributed by atoms with Gasteiger partial charge in [-0.05, 0) is 41.8 Å². The Bertz CT molecular complexity index is 698. The Kier molecular flexibility index (Phi) is 3.90. The number of rotatable bonds is 1. The summed E-state index contributed by atoms with van der Waals surface area (Å²) in [6.45, 7) is 0. The van der Waals surface area contributed by atoms with Crippen molar-refractivity contribution in [1.82, 2.24) is 9.97 Å². The molecule has 4 aromatic rings. The van der Waals surface area contributed by atoms with Gasteiger partial charge in [-0.3, -0.25) is 4.98 Å². The first kappa shape index (κ1) is 12.6. The summed E-state index contributed by atoms with van der Waals surface area (Å²) in [5.41, 5.74) is 1.20. The van der Waals surface area contributed by atoms with Gasteiger partial charge in [0.25, 0.3) is 0 Å². The molecule has 0 atom stereocenters. The number of benzene rings is 1. The van der Waals surface area contributed by atoms with E-state index < -0.39 is 0 Å². The fraction of sp³-hybridized carbons (Fsp3) is 0. The number of nitrogens with one attached hydrogen (secondary N) is 1. The van der Waals surface area contributed by atoms with E-state index in [1.807, 2.05) is 41.8 Å². The van der Waals surface area contributed by atoms with Crippen LogP contribution in [-0.4, -0.2) is 9.97 Å². The molecule has 3 aromatic heterocycles. The van der Waals surface area contributed by atoms with E-state index in [-0.39, 0.29) is 0 Å². The van der Waals surface area contributed by atoms with Crippen LogP contribution in [0.2, 0.25) is 0 Å². The molecule has 2 nitrogen and oxygen atoms in total. The van der Waals surface area contributed by atoms with Crippen molar-refractivity contribution in [2.75, 3.05) is 0 Å². The number of pyridine rings is 1. The van der Waals surface area contributed by atoms with Gasteiger partial charge in [-0.25, -0.2) is 0 Å². The third-order valence-electron chi connectivity index (χ3n) is 2.86. The van der Waals surface area contributed by atoms with Crippen molar-refractivity contribution in [2.45, 2.75) is 0 Å². The van der Waals surface area contributed by atoms with E-state index >= 15 is 0 Å². The van der Waals surface area contributed by atoms with Gasteiger partial charge in [0, 0.05) is 23.3 Å². The second-order valence-electron chi connectivity index (χ2n) is 4.26. The fourth-order valence-corrected chi connectivity index (χ4v) is 2.96. The van der Waals surface area contributed by atoms with Crippen LogP contribution in [0.1, 0.15) is 0 Å². The minimum Gasteiger partial charge on any atom is -0.361 e. The van der Waals surface area contributed by atoms with Crippen LogP contribution in [0, 0.1) is 0 Å². The second-order valence-corrected chi connectivity index (χ2v) is 5.34. The van der Waals surface area contributed by atoms with Crippen molar-refractivity contribution >= 4 is 21.4 Å². The Hall–Kier alpha value is -2.39. The van der Waals surface area contributed by atoms with Crippen LogP contribution in [0.15, 0.2) is 79.3 Å². The lowest BCUT2D eigenvalue weighted by atomic mass is 10.2. The molecule has 0 aliphatic heterocycles. The van der Waals surface area contributed by atoms with Crippen molar-refractivity contribution in [3.63, 3.8) is 0 Å². The van der Waals surface area contributed by atoms with E-state index in [0.29, 0.717) is 0 Å². The molecule has 0 radical (unpaired) electrons. The molecule has 0 aliphatic carbocycles. The number of aromatic nitrogens is 2. The van der Waals surface area contributed by atoms with E-state index in [4.69, 9.17) is 0 Å². The average molecular weight is 278 g/mol. The zero-order valence-electron chi connectivity index (χ0n) is 10.9. The molecule has 0 spiro atoms. The van der Waals surface area contributed by atoms with Crippen LogP contribution in [0.5, 0.6) is 0 Å². The van der Waals surface area contributed by atoms with Crippen LogP contribution in [0.4, 0.5) is 0 Å². The Labute approximate surface area is 121 Å². The summed E-state index contributed by atoms with van der Waals surface area (Å²) in [6, 6.07) is 20.5. The third kappa shape index (κ3) is 2.95. The fourth-order valence-electron chi connectivity index (χ4n) is 1.91. The van der Waals surface area contributed by atoms with Crippen molar-refractivity contribution in [3.05, 3.63) is 79.3 Å². The van der Waals surface area contributed by atoms with Gasteiger partial charge in [-0.15, -0.1) is 11.3 Å². The Morgan fingerprint density at radius 1 is 0.850 bits per heavy atom. The smallest absolute Gasteiger partial charge is 0.0555 e. The van der Waals surface area contributed by atoms with Gasteiger partial charge >= 0.3 is 0 Å². The van der Waals surface area contributed by atoms with E-state index in [1.54, 1.807) is 12.4 Å². The largest absolute Gasteiger partial charge is 0.361 e. The normalized spacial score (nSPS) is 10.0. The molecule has 0 saturated carbocycles. The van der Waals surface area contributed by atoms with E-state index in [2.05, 4.69) is 46.4 Å². The van der Waals surface area contributed by atoms with E-state index in [1.165, 1.54) is 20.7 Å². The average Bonchev–Trinajstić information content (AvgIpc) is 3.18. The summed E-state index contributed by atoms with van der Waals surface area (Å²) in [7, 11) is 0. The highest BCUT2D eigenvalue weighted by atomic mass is 32.1. The van der Waals surface area contributed by atoms with Crippen molar-refractivity contribution in [3.8, 4) is 10.6 Å². The number of H-pyrrole nitrogens is 1. The van der Waals surface area contributed by atoms with E-state index in [9.17, 15) is 0 Å². The van der Waals surface area contributed by atoms with Crippen LogP contribution < -0.4 is 0 Å². The molecule has 0 unspecified atom stereocenters. The lowest BCUT2D eigenvalue weighted by Crippen LogP contribution is -1.66. The predicted octanol–water partition coefficient (Wildman–Crippen LogP) is 4.98. The highest BCUT2D eigenvalue weighted by Gasteiger charge is 2.02. The number of nitrogens with zero attached hydrogens (tertiary/aromatic N) is 1. The van der Waals surface area contributed by atoms with Gasteiger partial charge in [0.15, 0.2) is 0 Å². The molecule has 0 fully saturated rings. The topological polar surface area (TPSA) is 28.7 Å².